The van der Waals surface area contributed by atoms with Crippen LogP contribution >= 0.6 is 0 Å². The molecule has 0 bridgehead atoms. The molecule has 3 rings (SSSR count). The van der Waals surface area contributed by atoms with E-state index in [4.69, 9.17) is 10.7 Å². The van der Waals surface area contributed by atoms with Crippen molar-refractivity contribution in [3.8, 4) is 0 Å². The van der Waals surface area contributed by atoms with Crippen molar-refractivity contribution in [1.82, 2.24) is 10.6 Å². The predicted molar refractivity (Wildman–Crippen MR) is 110 cm³/mol. The van der Waals surface area contributed by atoms with Crippen molar-refractivity contribution in [2.75, 3.05) is 0 Å². The van der Waals surface area contributed by atoms with Crippen molar-refractivity contribution in [2.24, 2.45) is 16.6 Å². The van der Waals surface area contributed by atoms with Gasteiger partial charge in [-0.2, -0.15) is 0 Å². The van der Waals surface area contributed by atoms with E-state index in [9.17, 15) is 0 Å². The quantitative estimate of drug-likeness (QED) is 0.751. The Morgan fingerprint density at radius 2 is 1.77 bits per heavy atom. The number of rotatable bonds is 4. The summed E-state index contributed by atoms with van der Waals surface area (Å²) in [5.74, 6) is 1.83. The van der Waals surface area contributed by atoms with Crippen LogP contribution < -0.4 is 16.4 Å². The molecular formula is C22H34N4. The molecule has 1 unspecified atom stereocenters. The lowest BCUT2D eigenvalue weighted by molar-refractivity contribution is 0.215. The molecule has 142 valence electrons. The van der Waals surface area contributed by atoms with Gasteiger partial charge in [-0.3, -0.25) is 0 Å². The molecule has 0 radical (unpaired) electrons. The molecule has 1 heterocycles. The Kier molecular flexibility index (Phi) is 5.71. The molecule has 4 heteroatoms. The summed E-state index contributed by atoms with van der Waals surface area (Å²) < 4.78 is 0. The Labute approximate surface area is 158 Å². The first-order valence-electron chi connectivity index (χ1n) is 10.1. The first-order chi connectivity index (χ1) is 12.4. The van der Waals surface area contributed by atoms with Gasteiger partial charge in [0.05, 0.1) is 6.54 Å². The number of aliphatic imine (C=N–C) groups is 1. The van der Waals surface area contributed by atoms with E-state index in [1.54, 1.807) is 0 Å². The molecule has 1 saturated carbocycles. The highest BCUT2D eigenvalue weighted by Crippen LogP contribution is 2.35. The van der Waals surface area contributed by atoms with E-state index in [0.717, 1.165) is 11.7 Å². The van der Waals surface area contributed by atoms with E-state index >= 15 is 0 Å². The molecule has 1 aliphatic heterocycles. The number of hydrogen-bond donors (Lipinski definition) is 3. The lowest BCUT2D eigenvalue weighted by atomic mass is 9.76. The molecular weight excluding hydrogens is 320 g/mol. The van der Waals surface area contributed by atoms with E-state index in [2.05, 4.69) is 62.6 Å². The van der Waals surface area contributed by atoms with Crippen LogP contribution in [0.2, 0.25) is 0 Å². The Morgan fingerprint density at radius 3 is 2.38 bits per heavy atom. The van der Waals surface area contributed by atoms with Crippen molar-refractivity contribution >= 4 is 5.96 Å². The summed E-state index contributed by atoms with van der Waals surface area (Å²) in [6, 6.07) is 8.75. The third-order valence-corrected chi connectivity index (χ3v) is 6.13. The molecule has 4 nitrogen and oxygen atoms in total. The molecule has 0 saturated heterocycles. The van der Waals surface area contributed by atoms with E-state index in [-0.39, 0.29) is 0 Å². The molecule has 2 aliphatic rings. The molecule has 0 spiro atoms. The molecule has 4 N–H and O–H groups in total. The highest BCUT2D eigenvalue weighted by atomic mass is 15.3. The van der Waals surface area contributed by atoms with Crippen LogP contribution in [-0.4, -0.2) is 11.6 Å². The minimum atomic E-state index is -0.476. The maximum absolute atomic E-state index is 6.89. The smallest absolute Gasteiger partial charge is 0.197 e. The predicted octanol–water partition coefficient (Wildman–Crippen LogP) is 4.39. The highest BCUT2D eigenvalue weighted by Gasteiger charge is 2.41. The fraction of sp³-hybridized carbons (Fsp3) is 0.591. The Balaban J connectivity index is 1.75. The molecule has 1 atom stereocenters. The molecule has 0 amide bonds. The monoisotopic (exact) mass is 354 g/mol. The van der Waals surface area contributed by atoms with Gasteiger partial charge in [0.1, 0.15) is 5.66 Å². The summed E-state index contributed by atoms with van der Waals surface area (Å²) in [7, 11) is 0. The van der Waals surface area contributed by atoms with Gasteiger partial charge < -0.3 is 16.4 Å². The topological polar surface area (TPSA) is 62.4 Å². The number of benzene rings is 1. The molecule has 0 aromatic heterocycles. The fourth-order valence-corrected chi connectivity index (χ4v) is 4.13. The van der Waals surface area contributed by atoms with Gasteiger partial charge in [-0.15, -0.1) is 0 Å². The van der Waals surface area contributed by atoms with Crippen molar-refractivity contribution in [3.05, 3.63) is 46.7 Å². The Hall–Kier alpha value is -1.81. The molecule has 1 aromatic carbocycles. The minimum Gasteiger partial charge on any atom is -0.334 e. The van der Waals surface area contributed by atoms with Crippen LogP contribution in [0, 0.1) is 5.92 Å². The second-order valence-electron chi connectivity index (χ2n) is 8.27. The summed E-state index contributed by atoms with van der Waals surface area (Å²) in [5.41, 5.74) is 11.3. The zero-order chi connectivity index (χ0) is 18.7. The first-order valence-corrected chi connectivity index (χ1v) is 10.1. The molecule has 1 fully saturated rings. The Bertz CT molecular complexity index is 681. The van der Waals surface area contributed by atoms with Crippen LogP contribution in [0.4, 0.5) is 0 Å². The van der Waals surface area contributed by atoms with Crippen molar-refractivity contribution in [3.63, 3.8) is 0 Å². The van der Waals surface area contributed by atoms with Gasteiger partial charge in [-0.25, -0.2) is 4.99 Å². The van der Waals surface area contributed by atoms with E-state index in [1.165, 1.54) is 48.8 Å². The SMILES string of the molecule is CC1=C(C)C(N)(C2CCCCC2)NC(=NCc2ccc(C(C)C)cc2)N1. The molecule has 1 aliphatic carbocycles. The number of hydrogen-bond acceptors (Lipinski definition) is 2. The van der Waals surface area contributed by atoms with Crippen LogP contribution in [-0.2, 0) is 6.54 Å². The molecule has 26 heavy (non-hydrogen) atoms. The second-order valence-corrected chi connectivity index (χ2v) is 8.27. The van der Waals surface area contributed by atoms with Gasteiger partial charge in [-0.1, -0.05) is 57.4 Å². The maximum Gasteiger partial charge on any atom is 0.197 e. The van der Waals surface area contributed by atoms with Gasteiger partial charge in [0.15, 0.2) is 5.96 Å². The summed E-state index contributed by atoms with van der Waals surface area (Å²) >= 11 is 0. The standard InChI is InChI=1S/C22H34N4/c1-15(2)19-12-10-18(11-13-19)14-24-21-25-17(4)16(3)22(23,26-21)20-8-6-5-7-9-20/h10-13,15,20H,5-9,14,23H2,1-4H3,(H2,24,25,26). The minimum absolute atomic E-state index is 0.476. The number of guanidine groups is 1. The van der Waals surface area contributed by atoms with E-state index in [1.807, 2.05) is 0 Å². The van der Waals surface area contributed by atoms with Crippen molar-refractivity contribution < 1.29 is 0 Å². The average molecular weight is 355 g/mol. The first kappa shape index (κ1) is 19.0. The van der Waals surface area contributed by atoms with E-state index in [0.29, 0.717) is 18.4 Å². The summed E-state index contributed by atoms with van der Waals surface area (Å²) in [5, 5.41) is 6.94. The average Bonchev–Trinajstić information content (AvgIpc) is 2.65. The number of nitrogens with zero attached hydrogens (tertiary/aromatic N) is 1. The third-order valence-electron chi connectivity index (χ3n) is 6.13. The van der Waals surface area contributed by atoms with Crippen LogP contribution in [0.3, 0.4) is 0 Å². The highest BCUT2D eigenvalue weighted by molar-refractivity contribution is 5.84. The van der Waals surface area contributed by atoms with Crippen LogP contribution in [0.15, 0.2) is 40.5 Å². The second kappa shape index (κ2) is 7.83. The fourth-order valence-electron chi connectivity index (χ4n) is 4.13. The number of allylic oxidation sites excluding steroid dienone is 1. The zero-order valence-corrected chi connectivity index (χ0v) is 16.7. The Morgan fingerprint density at radius 1 is 1.12 bits per heavy atom. The van der Waals surface area contributed by atoms with Gasteiger partial charge in [0, 0.05) is 5.70 Å². The lowest BCUT2D eigenvalue weighted by Gasteiger charge is -2.45. The largest absolute Gasteiger partial charge is 0.334 e. The molecule has 1 aromatic rings. The van der Waals surface area contributed by atoms with Gasteiger partial charge in [0.2, 0.25) is 0 Å². The third kappa shape index (κ3) is 3.96. The van der Waals surface area contributed by atoms with Crippen LogP contribution in [0.5, 0.6) is 0 Å². The summed E-state index contributed by atoms with van der Waals surface area (Å²) in [4.78, 5) is 4.78. The zero-order valence-electron chi connectivity index (χ0n) is 16.7. The maximum atomic E-state index is 6.89. The normalized spacial score (nSPS) is 26.2. The number of nitrogens with two attached hydrogens (primary N) is 1. The van der Waals surface area contributed by atoms with Gasteiger partial charge >= 0.3 is 0 Å². The van der Waals surface area contributed by atoms with Crippen molar-refractivity contribution in [2.45, 2.75) is 77.9 Å². The van der Waals surface area contributed by atoms with E-state index < -0.39 is 5.66 Å². The summed E-state index contributed by atoms with van der Waals surface area (Å²) in [6.45, 7) is 9.34. The number of nitrogens with one attached hydrogen (secondary N) is 2. The van der Waals surface area contributed by atoms with Crippen LogP contribution in [0.25, 0.3) is 0 Å². The summed E-state index contributed by atoms with van der Waals surface area (Å²) in [6.07, 6.45) is 6.27. The van der Waals surface area contributed by atoms with Gasteiger partial charge in [-0.05, 0) is 55.2 Å². The van der Waals surface area contributed by atoms with Crippen molar-refractivity contribution in [1.29, 1.82) is 0 Å². The lowest BCUT2D eigenvalue weighted by Crippen LogP contribution is -2.67. The van der Waals surface area contributed by atoms with Gasteiger partial charge in [0.25, 0.3) is 0 Å². The van der Waals surface area contributed by atoms with Crippen LogP contribution in [0.1, 0.15) is 76.8 Å².